The number of nitrogens with zero attached hydrogens (tertiary/aromatic N) is 3. The van der Waals surface area contributed by atoms with Gasteiger partial charge in [-0.15, -0.1) is 0 Å². The summed E-state index contributed by atoms with van der Waals surface area (Å²) in [6, 6.07) is 16.2. The standard InChI is InChI=1S/C23H26N4O/c1-16-17(2)26-22-14-19(8-9-21(22)25-16)23(28)24-11-13-27-12-10-20(15-27)18-6-4-3-5-7-18/h3-9,14,20H,10-13,15H2,1-2H3,(H,24,28)/t20-/m1/s1. The monoisotopic (exact) mass is 374 g/mol. The first-order valence-electron chi connectivity index (χ1n) is 9.90. The quantitative estimate of drug-likeness (QED) is 0.743. The van der Waals surface area contributed by atoms with Gasteiger partial charge in [-0.1, -0.05) is 30.3 Å². The van der Waals surface area contributed by atoms with Gasteiger partial charge in [0.15, 0.2) is 0 Å². The van der Waals surface area contributed by atoms with Crippen LogP contribution in [0.1, 0.15) is 39.6 Å². The maximum Gasteiger partial charge on any atom is 0.251 e. The van der Waals surface area contributed by atoms with Crippen LogP contribution in [-0.2, 0) is 0 Å². The van der Waals surface area contributed by atoms with Crippen molar-refractivity contribution in [1.82, 2.24) is 20.2 Å². The second kappa shape index (κ2) is 8.07. The number of amides is 1. The number of rotatable bonds is 5. The summed E-state index contributed by atoms with van der Waals surface area (Å²) in [6.07, 6.45) is 1.18. The molecule has 0 aliphatic carbocycles. The van der Waals surface area contributed by atoms with Crippen LogP contribution in [0.15, 0.2) is 48.5 Å². The van der Waals surface area contributed by atoms with E-state index in [0.29, 0.717) is 18.0 Å². The van der Waals surface area contributed by atoms with Gasteiger partial charge in [0.1, 0.15) is 0 Å². The van der Waals surface area contributed by atoms with Crippen molar-refractivity contribution < 1.29 is 4.79 Å². The van der Waals surface area contributed by atoms with Crippen molar-refractivity contribution >= 4 is 16.9 Å². The molecule has 4 rings (SSSR count). The number of aryl methyl sites for hydroxylation is 2. The van der Waals surface area contributed by atoms with Crippen LogP contribution in [0.4, 0.5) is 0 Å². The molecule has 144 valence electrons. The van der Waals surface area contributed by atoms with E-state index in [1.807, 2.05) is 32.0 Å². The third kappa shape index (κ3) is 4.04. The van der Waals surface area contributed by atoms with Gasteiger partial charge in [0.25, 0.3) is 5.91 Å². The van der Waals surface area contributed by atoms with Gasteiger partial charge in [-0.25, -0.2) is 9.97 Å². The highest BCUT2D eigenvalue weighted by Crippen LogP contribution is 2.26. The average Bonchev–Trinajstić information content (AvgIpc) is 3.18. The number of nitrogens with one attached hydrogen (secondary N) is 1. The van der Waals surface area contributed by atoms with Crippen molar-refractivity contribution in [2.24, 2.45) is 0 Å². The van der Waals surface area contributed by atoms with Gasteiger partial charge in [-0.3, -0.25) is 4.79 Å². The zero-order valence-electron chi connectivity index (χ0n) is 16.5. The van der Waals surface area contributed by atoms with Gasteiger partial charge < -0.3 is 10.2 Å². The van der Waals surface area contributed by atoms with Crippen LogP contribution in [0.25, 0.3) is 11.0 Å². The van der Waals surface area contributed by atoms with Crippen LogP contribution >= 0.6 is 0 Å². The summed E-state index contributed by atoms with van der Waals surface area (Å²) >= 11 is 0. The van der Waals surface area contributed by atoms with Crippen LogP contribution in [0.5, 0.6) is 0 Å². The van der Waals surface area contributed by atoms with E-state index < -0.39 is 0 Å². The lowest BCUT2D eigenvalue weighted by atomic mass is 9.99. The number of fused-ring (bicyclic) bond motifs is 1. The molecule has 1 aliphatic rings. The molecule has 5 heteroatoms. The van der Waals surface area contributed by atoms with E-state index >= 15 is 0 Å². The lowest BCUT2D eigenvalue weighted by molar-refractivity contribution is 0.0950. The van der Waals surface area contributed by atoms with Crippen molar-refractivity contribution in [3.8, 4) is 0 Å². The lowest BCUT2D eigenvalue weighted by Gasteiger charge is -2.16. The number of likely N-dealkylation sites (tertiary alicyclic amines) is 1. The SMILES string of the molecule is Cc1nc2ccc(C(=O)NCCN3CC[C@@H](c4ccccc4)C3)cc2nc1C. The van der Waals surface area contributed by atoms with Gasteiger partial charge in [-0.05, 0) is 56.5 Å². The molecule has 1 saturated heterocycles. The summed E-state index contributed by atoms with van der Waals surface area (Å²) in [5, 5.41) is 3.04. The van der Waals surface area contributed by atoms with Crippen LogP contribution in [-0.4, -0.2) is 47.0 Å². The molecular formula is C23H26N4O. The fourth-order valence-electron chi connectivity index (χ4n) is 3.83. The molecule has 1 fully saturated rings. The number of hydrogen-bond donors (Lipinski definition) is 1. The molecule has 0 radical (unpaired) electrons. The predicted octanol–water partition coefficient (Wildman–Crippen LogP) is 3.47. The van der Waals surface area contributed by atoms with E-state index in [-0.39, 0.29) is 5.91 Å². The van der Waals surface area contributed by atoms with Crippen LogP contribution in [0.3, 0.4) is 0 Å². The van der Waals surface area contributed by atoms with E-state index in [0.717, 1.165) is 42.1 Å². The number of benzene rings is 2. The molecule has 0 spiro atoms. The molecule has 2 heterocycles. The van der Waals surface area contributed by atoms with Crippen LogP contribution in [0, 0.1) is 13.8 Å². The molecule has 5 nitrogen and oxygen atoms in total. The normalized spacial score (nSPS) is 17.1. The van der Waals surface area contributed by atoms with Gasteiger partial charge in [-0.2, -0.15) is 0 Å². The topological polar surface area (TPSA) is 58.1 Å². The van der Waals surface area contributed by atoms with Gasteiger partial charge in [0, 0.05) is 25.2 Å². The molecule has 1 atom stereocenters. The van der Waals surface area contributed by atoms with Crippen LogP contribution in [0.2, 0.25) is 0 Å². The second-order valence-electron chi connectivity index (χ2n) is 7.55. The fraction of sp³-hybridized carbons (Fsp3) is 0.348. The zero-order valence-corrected chi connectivity index (χ0v) is 16.5. The van der Waals surface area contributed by atoms with Crippen molar-refractivity contribution in [1.29, 1.82) is 0 Å². The average molecular weight is 374 g/mol. The van der Waals surface area contributed by atoms with Gasteiger partial charge >= 0.3 is 0 Å². The summed E-state index contributed by atoms with van der Waals surface area (Å²) in [7, 11) is 0. The second-order valence-corrected chi connectivity index (χ2v) is 7.55. The molecule has 28 heavy (non-hydrogen) atoms. The molecule has 0 bridgehead atoms. The van der Waals surface area contributed by atoms with Crippen molar-refractivity contribution in [3.05, 3.63) is 71.0 Å². The fourth-order valence-corrected chi connectivity index (χ4v) is 3.83. The molecule has 1 N–H and O–H groups in total. The Morgan fingerprint density at radius 3 is 2.61 bits per heavy atom. The lowest BCUT2D eigenvalue weighted by Crippen LogP contribution is -2.33. The minimum atomic E-state index is -0.0549. The Hall–Kier alpha value is -2.79. The highest BCUT2D eigenvalue weighted by molar-refractivity contribution is 5.97. The summed E-state index contributed by atoms with van der Waals surface area (Å²) in [4.78, 5) is 24.0. The van der Waals surface area contributed by atoms with E-state index in [2.05, 4.69) is 50.5 Å². The molecule has 0 saturated carbocycles. The van der Waals surface area contributed by atoms with Crippen molar-refractivity contribution in [2.75, 3.05) is 26.2 Å². The summed E-state index contributed by atoms with van der Waals surface area (Å²) in [6.45, 7) is 7.55. The minimum Gasteiger partial charge on any atom is -0.351 e. The van der Waals surface area contributed by atoms with E-state index in [9.17, 15) is 4.79 Å². The summed E-state index contributed by atoms with van der Waals surface area (Å²) < 4.78 is 0. The first kappa shape index (κ1) is 18.6. The molecule has 1 aromatic heterocycles. The highest BCUT2D eigenvalue weighted by atomic mass is 16.1. The molecule has 0 unspecified atom stereocenters. The first-order valence-corrected chi connectivity index (χ1v) is 9.90. The predicted molar refractivity (Wildman–Crippen MR) is 112 cm³/mol. The van der Waals surface area contributed by atoms with Crippen LogP contribution < -0.4 is 5.32 Å². The van der Waals surface area contributed by atoms with E-state index in [4.69, 9.17) is 0 Å². The molecule has 1 aliphatic heterocycles. The Balaban J connectivity index is 1.31. The summed E-state index contributed by atoms with van der Waals surface area (Å²) in [5.74, 6) is 0.545. The number of carbonyl (C=O) groups excluding carboxylic acids is 1. The first-order chi connectivity index (χ1) is 13.6. The smallest absolute Gasteiger partial charge is 0.251 e. The molecule has 3 aromatic rings. The molecule has 1 amide bonds. The number of carbonyl (C=O) groups is 1. The Labute approximate surface area is 165 Å². The third-order valence-corrected chi connectivity index (χ3v) is 5.59. The maximum atomic E-state index is 12.5. The Kier molecular flexibility index (Phi) is 5.35. The Bertz CT molecular complexity index is 987. The van der Waals surface area contributed by atoms with E-state index in [1.54, 1.807) is 0 Å². The van der Waals surface area contributed by atoms with Crippen molar-refractivity contribution in [3.63, 3.8) is 0 Å². The van der Waals surface area contributed by atoms with Gasteiger partial charge in [0.2, 0.25) is 0 Å². The molecule has 2 aromatic carbocycles. The number of aromatic nitrogens is 2. The highest BCUT2D eigenvalue weighted by Gasteiger charge is 2.23. The summed E-state index contributed by atoms with van der Waals surface area (Å²) in [5.41, 5.74) is 5.45. The maximum absolute atomic E-state index is 12.5. The zero-order chi connectivity index (χ0) is 19.5. The molecular weight excluding hydrogens is 348 g/mol. The minimum absolute atomic E-state index is 0.0549. The van der Waals surface area contributed by atoms with Gasteiger partial charge in [0.05, 0.1) is 22.4 Å². The number of hydrogen-bond acceptors (Lipinski definition) is 4. The Morgan fingerprint density at radius 1 is 1.07 bits per heavy atom. The largest absolute Gasteiger partial charge is 0.351 e. The Morgan fingerprint density at radius 2 is 1.82 bits per heavy atom. The van der Waals surface area contributed by atoms with Crippen molar-refractivity contribution in [2.45, 2.75) is 26.2 Å². The third-order valence-electron chi connectivity index (χ3n) is 5.59. The van der Waals surface area contributed by atoms with E-state index in [1.165, 1.54) is 12.0 Å².